The van der Waals surface area contributed by atoms with Gasteiger partial charge in [-0.3, -0.25) is 29.8 Å². The Balaban J connectivity index is 0.000000427. The van der Waals surface area contributed by atoms with E-state index >= 15 is 0 Å². The topological polar surface area (TPSA) is 204 Å². The van der Waals surface area contributed by atoms with E-state index in [0.29, 0.717) is 11.3 Å². The number of halogens is 1. The van der Waals surface area contributed by atoms with Gasteiger partial charge in [-0.2, -0.15) is 0 Å². The van der Waals surface area contributed by atoms with Crippen molar-refractivity contribution in [3.8, 4) is 5.75 Å². The van der Waals surface area contributed by atoms with Crippen molar-refractivity contribution in [1.29, 1.82) is 0 Å². The van der Waals surface area contributed by atoms with Crippen molar-refractivity contribution < 1.29 is 48.1 Å². The minimum Gasteiger partial charge on any atom is -0.461 e. The number of hydrogen-bond donors (Lipinski definition) is 0. The molecule has 0 spiro atoms. The van der Waals surface area contributed by atoms with Gasteiger partial charge in [0.05, 0.1) is 27.5 Å². The van der Waals surface area contributed by atoms with E-state index in [1.165, 1.54) is 54.6 Å². The number of oxime groups is 1. The van der Waals surface area contributed by atoms with E-state index < -0.39 is 45.0 Å². The molecular weight excluding hydrogens is 750 g/mol. The molecule has 6 rings (SSSR count). The third kappa shape index (κ3) is 10.9. The maximum atomic E-state index is 13.4. The lowest BCUT2D eigenvalue weighted by atomic mass is 9.91. The molecular formula is C40H30ClN3O12. The molecule has 0 N–H and O–H groups in total. The maximum Gasteiger partial charge on any atom is 0.354 e. The number of nitrogens with zero attached hydrogens (tertiary/aromatic N) is 3. The number of carbonyl (C=O) groups excluding carboxylic acids is 4. The predicted octanol–water partition coefficient (Wildman–Crippen LogP) is 7.53. The summed E-state index contributed by atoms with van der Waals surface area (Å²) < 4.78 is 16.4. The fourth-order valence-electron chi connectivity index (χ4n) is 5.12. The van der Waals surface area contributed by atoms with E-state index in [-0.39, 0.29) is 47.9 Å². The number of hydrogen-bond acceptors (Lipinski definition) is 13. The highest BCUT2D eigenvalue weighted by Gasteiger charge is 2.50. The highest BCUT2D eigenvalue weighted by molar-refractivity contribution is 6.67. The van der Waals surface area contributed by atoms with Crippen LogP contribution in [0.25, 0.3) is 0 Å². The molecule has 1 aliphatic heterocycles. The standard InChI is InChI=1S/C33H26N2O9.C7H4ClNO3/c36-30(41-21-23-8-3-1-4-9-23)20-33(32(38)42-22-24-10-5-2-6-11-24)19-29(34-44-33)26-12-7-13-28(18-26)43-31(37)25-14-16-27(17-15-25)35(39)40;8-7(10)5-1-3-6(4-2-5)9(11)12/h1-18H,19-22H2;1-4H/t33-;/m1./s1. The summed E-state index contributed by atoms with van der Waals surface area (Å²) in [6.07, 6.45) is -0.559. The lowest BCUT2D eigenvalue weighted by Gasteiger charge is -2.23. The SMILES string of the molecule is O=C(C[C@@]1(C(=O)OCc2ccccc2)CC(c2cccc(OC(=O)c3ccc([N+](=O)[O-])cc3)c2)=NO1)OCc1ccccc1.O=C(Cl)c1ccc([N+](=O)[O-])cc1. The van der Waals surface area contributed by atoms with E-state index in [1.807, 2.05) is 48.5 Å². The predicted molar refractivity (Wildman–Crippen MR) is 200 cm³/mol. The van der Waals surface area contributed by atoms with Crippen LogP contribution in [-0.2, 0) is 37.1 Å². The molecule has 0 aliphatic carbocycles. The summed E-state index contributed by atoms with van der Waals surface area (Å²) in [4.78, 5) is 75.1. The van der Waals surface area contributed by atoms with Gasteiger partial charge in [0.15, 0.2) is 0 Å². The van der Waals surface area contributed by atoms with Crippen LogP contribution < -0.4 is 4.74 Å². The number of carbonyl (C=O) groups is 4. The molecule has 1 atom stereocenters. The molecule has 0 radical (unpaired) electrons. The van der Waals surface area contributed by atoms with Crippen molar-refractivity contribution in [3.05, 3.63) is 182 Å². The van der Waals surface area contributed by atoms with Crippen LogP contribution in [0.2, 0.25) is 0 Å². The first kappa shape index (κ1) is 39.9. The third-order valence-electron chi connectivity index (χ3n) is 8.04. The number of esters is 3. The Bertz CT molecular complexity index is 2220. The van der Waals surface area contributed by atoms with Crippen LogP contribution in [0.5, 0.6) is 5.75 Å². The Kier molecular flexibility index (Phi) is 13.3. The van der Waals surface area contributed by atoms with Crippen LogP contribution in [-0.4, -0.2) is 44.3 Å². The first-order valence-electron chi connectivity index (χ1n) is 16.6. The molecule has 16 heteroatoms. The van der Waals surface area contributed by atoms with Gasteiger partial charge in [-0.1, -0.05) is 78.0 Å². The van der Waals surface area contributed by atoms with Crippen molar-refractivity contribution in [2.45, 2.75) is 31.7 Å². The lowest BCUT2D eigenvalue weighted by molar-refractivity contribution is -0.385. The lowest BCUT2D eigenvalue weighted by Crippen LogP contribution is -2.43. The van der Waals surface area contributed by atoms with E-state index in [4.69, 9.17) is 30.6 Å². The van der Waals surface area contributed by atoms with Crippen molar-refractivity contribution in [2.24, 2.45) is 5.16 Å². The number of benzene rings is 5. The highest BCUT2D eigenvalue weighted by atomic mass is 35.5. The molecule has 5 aromatic rings. The summed E-state index contributed by atoms with van der Waals surface area (Å²) in [6.45, 7) is -0.0159. The molecule has 0 bridgehead atoms. The molecule has 0 saturated carbocycles. The summed E-state index contributed by atoms with van der Waals surface area (Å²) in [5.41, 5.74) is 0.729. The van der Waals surface area contributed by atoms with Crippen LogP contribution in [0.4, 0.5) is 11.4 Å². The third-order valence-corrected chi connectivity index (χ3v) is 8.26. The summed E-state index contributed by atoms with van der Waals surface area (Å²) in [7, 11) is 0. The molecule has 1 heterocycles. The van der Waals surface area contributed by atoms with Crippen LogP contribution >= 0.6 is 11.6 Å². The fraction of sp³-hybridized carbons (Fsp3) is 0.125. The van der Waals surface area contributed by atoms with E-state index in [9.17, 15) is 39.4 Å². The molecule has 0 unspecified atom stereocenters. The Morgan fingerprint density at radius 1 is 0.696 bits per heavy atom. The quantitative estimate of drug-likeness (QED) is 0.0374. The van der Waals surface area contributed by atoms with Gasteiger partial charge in [0, 0.05) is 41.8 Å². The summed E-state index contributed by atoms with van der Waals surface area (Å²) in [5, 5.41) is 24.6. The smallest absolute Gasteiger partial charge is 0.354 e. The molecule has 0 aromatic heterocycles. The number of rotatable bonds is 13. The van der Waals surface area contributed by atoms with Crippen molar-refractivity contribution in [1.82, 2.24) is 0 Å². The molecule has 56 heavy (non-hydrogen) atoms. The van der Waals surface area contributed by atoms with Gasteiger partial charge < -0.3 is 19.0 Å². The van der Waals surface area contributed by atoms with Crippen LogP contribution in [0.15, 0.2) is 139 Å². The Morgan fingerprint density at radius 2 is 1.23 bits per heavy atom. The van der Waals surface area contributed by atoms with Gasteiger partial charge in [-0.25, -0.2) is 9.59 Å². The zero-order chi connectivity index (χ0) is 40.1. The zero-order valence-corrected chi connectivity index (χ0v) is 29.9. The molecule has 0 fully saturated rings. The van der Waals surface area contributed by atoms with E-state index in [2.05, 4.69) is 5.16 Å². The molecule has 0 amide bonds. The minimum absolute atomic E-state index is 0.0186. The number of nitro benzene ring substituents is 2. The van der Waals surface area contributed by atoms with Gasteiger partial charge in [0.25, 0.3) is 16.6 Å². The molecule has 5 aromatic carbocycles. The molecule has 1 aliphatic rings. The first-order valence-corrected chi connectivity index (χ1v) is 17.0. The van der Waals surface area contributed by atoms with Crippen molar-refractivity contribution in [3.63, 3.8) is 0 Å². The number of nitro groups is 2. The summed E-state index contributed by atoms with van der Waals surface area (Å²) >= 11 is 5.13. The normalized spacial score (nSPS) is 14.1. The minimum atomic E-state index is -1.77. The van der Waals surface area contributed by atoms with E-state index in [1.54, 1.807) is 30.3 Å². The van der Waals surface area contributed by atoms with Gasteiger partial charge in [-0.05, 0) is 59.1 Å². The number of non-ortho nitro benzene ring substituents is 2. The van der Waals surface area contributed by atoms with Crippen LogP contribution in [0, 0.1) is 20.2 Å². The molecule has 284 valence electrons. The zero-order valence-electron chi connectivity index (χ0n) is 29.1. The second-order valence-electron chi connectivity index (χ2n) is 12.0. The Hall–Kier alpha value is -7.26. The van der Waals surface area contributed by atoms with Crippen LogP contribution in [0.1, 0.15) is 50.2 Å². The van der Waals surface area contributed by atoms with Gasteiger partial charge in [-0.15, -0.1) is 0 Å². The largest absolute Gasteiger partial charge is 0.461 e. The van der Waals surface area contributed by atoms with Crippen LogP contribution in [0.3, 0.4) is 0 Å². The van der Waals surface area contributed by atoms with Gasteiger partial charge in [0.2, 0.25) is 5.60 Å². The van der Waals surface area contributed by atoms with E-state index in [0.717, 1.165) is 11.1 Å². The Morgan fingerprint density at radius 3 is 1.77 bits per heavy atom. The van der Waals surface area contributed by atoms with Crippen molar-refractivity contribution >= 4 is 51.8 Å². The Labute approximate surface area is 323 Å². The summed E-state index contributed by atoms with van der Waals surface area (Å²) in [6, 6.07) is 34.7. The second-order valence-corrected chi connectivity index (χ2v) is 12.3. The van der Waals surface area contributed by atoms with Crippen molar-refractivity contribution in [2.75, 3.05) is 0 Å². The molecule has 15 nitrogen and oxygen atoms in total. The maximum absolute atomic E-state index is 13.4. The van der Waals surface area contributed by atoms with Gasteiger partial charge >= 0.3 is 17.9 Å². The fourth-order valence-corrected chi connectivity index (χ4v) is 5.25. The number of ether oxygens (including phenoxy) is 3. The van der Waals surface area contributed by atoms with Gasteiger partial charge in [0.1, 0.15) is 19.0 Å². The second kappa shape index (κ2) is 18.7. The first-order chi connectivity index (χ1) is 26.9. The monoisotopic (exact) mass is 779 g/mol. The highest BCUT2D eigenvalue weighted by Crippen LogP contribution is 2.33. The molecule has 0 saturated heterocycles. The average molecular weight is 780 g/mol. The average Bonchev–Trinajstić information content (AvgIpc) is 3.65. The summed E-state index contributed by atoms with van der Waals surface area (Å²) in [5.74, 6) is -2.01.